The maximum Gasteiger partial charge on any atom is 0.243 e. The van der Waals surface area contributed by atoms with Gasteiger partial charge in [0, 0.05) is 32.0 Å². The van der Waals surface area contributed by atoms with Crippen LogP contribution in [-0.4, -0.2) is 36.1 Å². The van der Waals surface area contributed by atoms with E-state index in [2.05, 4.69) is 0 Å². The van der Waals surface area contributed by atoms with Gasteiger partial charge in [-0.3, -0.25) is 4.79 Å². The highest BCUT2D eigenvalue weighted by molar-refractivity contribution is 6.42. The molecular weight excluding hydrogens is 335 g/mol. The summed E-state index contributed by atoms with van der Waals surface area (Å²) in [6.45, 7) is 6.98. The van der Waals surface area contributed by atoms with E-state index in [0.29, 0.717) is 29.6 Å². The van der Waals surface area contributed by atoms with Gasteiger partial charge in [0.05, 0.1) is 16.1 Å². The Morgan fingerprint density at radius 1 is 1.39 bits per heavy atom. The van der Waals surface area contributed by atoms with E-state index in [1.165, 1.54) is 0 Å². The summed E-state index contributed by atoms with van der Waals surface area (Å²) in [6.07, 6.45) is 0.554. The van der Waals surface area contributed by atoms with Crippen molar-refractivity contribution in [1.82, 2.24) is 4.90 Å². The van der Waals surface area contributed by atoms with Crippen LogP contribution in [-0.2, 0) is 16.1 Å². The first-order valence-corrected chi connectivity index (χ1v) is 8.49. The molecule has 1 aliphatic carbocycles. The van der Waals surface area contributed by atoms with Crippen LogP contribution >= 0.6 is 23.2 Å². The van der Waals surface area contributed by atoms with Gasteiger partial charge in [0.1, 0.15) is 5.54 Å². The SMILES string of the molecule is CCOC1CC(N)(C(=O)N(C)Cc2ccc(Cl)c(Cl)c2)C1(C)C. The number of likely N-dealkylation sites (N-methyl/N-ethyl adjacent to an activating group) is 1. The third kappa shape index (κ3) is 3.22. The Labute approximate surface area is 147 Å². The summed E-state index contributed by atoms with van der Waals surface area (Å²) in [6, 6.07) is 5.36. The van der Waals surface area contributed by atoms with E-state index in [-0.39, 0.29) is 12.0 Å². The molecular formula is C17H24Cl2N2O2. The Kier molecular flexibility index (Phi) is 5.31. The highest BCUT2D eigenvalue weighted by Crippen LogP contribution is 2.50. The zero-order valence-corrected chi connectivity index (χ0v) is 15.5. The van der Waals surface area contributed by atoms with Gasteiger partial charge < -0.3 is 15.4 Å². The monoisotopic (exact) mass is 358 g/mol. The molecule has 2 atom stereocenters. The molecule has 2 N–H and O–H groups in total. The standard InChI is InChI=1S/C17H24Cl2N2O2/c1-5-23-14-9-17(20,16(14,2)3)15(22)21(4)10-11-6-7-12(18)13(19)8-11/h6-8,14H,5,9-10,20H2,1-4H3. The molecule has 1 aromatic carbocycles. The molecule has 0 heterocycles. The van der Waals surface area contributed by atoms with E-state index in [1.54, 1.807) is 24.1 Å². The Balaban J connectivity index is 2.09. The number of nitrogens with zero attached hydrogens (tertiary/aromatic N) is 1. The number of benzene rings is 1. The maximum absolute atomic E-state index is 12.9. The van der Waals surface area contributed by atoms with E-state index in [0.717, 1.165) is 5.56 Å². The van der Waals surface area contributed by atoms with Crippen LogP contribution in [0.3, 0.4) is 0 Å². The van der Waals surface area contributed by atoms with Crippen molar-refractivity contribution in [2.24, 2.45) is 11.1 Å². The summed E-state index contributed by atoms with van der Waals surface area (Å²) in [5.74, 6) is -0.0791. The third-order valence-corrected chi connectivity index (χ3v) is 5.70. The van der Waals surface area contributed by atoms with Crippen LogP contribution in [0.4, 0.5) is 0 Å². The molecule has 0 radical (unpaired) electrons. The van der Waals surface area contributed by atoms with Crippen molar-refractivity contribution < 1.29 is 9.53 Å². The average molecular weight is 359 g/mol. The molecule has 0 spiro atoms. The lowest BCUT2D eigenvalue weighted by Crippen LogP contribution is -2.75. The summed E-state index contributed by atoms with van der Waals surface area (Å²) < 4.78 is 5.68. The largest absolute Gasteiger partial charge is 0.378 e. The number of rotatable bonds is 5. The van der Waals surface area contributed by atoms with E-state index in [9.17, 15) is 4.79 Å². The smallest absolute Gasteiger partial charge is 0.243 e. The van der Waals surface area contributed by atoms with Crippen molar-refractivity contribution in [1.29, 1.82) is 0 Å². The number of ether oxygens (including phenoxy) is 1. The molecule has 23 heavy (non-hydrogen) atoms. The molecule has 4 nitrogen and oxygen atoms in total. The highest BCUT2D eigenvalue weighted by atomic mass is 35.5. The number of carbonyl (C=O) groups is 1. The fraction of sp³-hybridized carbons (Fsp3) is 0.588. The van der Waals surface area contributed by atoms with Gasteiger partial charge in [-0.1, -0.05) is 43.1 Å². The Morgan fingerprint density at radius 2 is 2.04 bits per heavy atom. The first kappa shape index (κ1) is 18.5. The molecule has 0 bridgehead atoms. The van der Waals surface area contributed by atoms with Gasteiger partial charge in [0.2, 0.25) is 5.91 Å². The lowest BCUT2D eigenvalue weighted by Gasteiger charge is -2.58. The number of hydrogen-bond donors (Lipinski definition) is 1. The molecule has 0 saturated heterocycles. The zero-order valence-electron chi connectivity index (χ0n) is 14.0. The minimum absolute atomic E-state index is 0.0137. The van der Waals surface area contributed by atoms with E-state index >= 15 is 0 Å². The molecule has 0 aromatic heterocycles. The lowest BCUT2D eigenvalue weighted by atomic mass is 9.54. The molecule has 128 valence electrons. The van der Waals surface area contributed by atoms with Gasteiger partial charge in [-0.05, 0) is 24.6 Å². The van der Waals surface area contributed by atoms with Gasteiger partial charge in [-0.15, -0.1) is 0 Å². The Bertz CT molecular complexity index is 606. The molecule has 1 saturated carbocycles. The molecule has 2 rings (SSSR count). The first-order chi connectivity index (χ1) is 10.6. The van der Waals surface area contributed by atoms with Crippen molar-refractivity contribution in [2.45, 2.75) is 45.4 Å². The summed E-state index contributed by atoms with van der Waals surface area (Å²) in [4.78, 5) is 14.5. The van der Waals surface area contributed by atoms with Crippen LogP contribution in [0.25, 0.3) is 0 Å². The quantitative estimate of drug-likeness (QED) is 0.876. The Hall–Kier alpha value is -0.810. The summed E-state index contributed by atoms with van der Waals surface area (Å²) in [5.41, 5.74) is 6.05. The van der Waals surface area contributed by atoms with Gasteiger partial charge in [0.15, 0.2) is 0 Å². The van der Waals surface area contributed by atoms with E-state index in [4.69, 9.17) is 33.7 Å². The van der Waals surface area contributed by atoms with Crippen LogP contribution in [0.1, 0.15) is 32.8 Å². The molecule has 1 aliphatic rings. The van der Waals surface area contributed by atoms with Crippen molar-refractivity contribution in [3.05, 3.63) is 33.8 Å². The molecule has 0 aliphatic heterocycles. The molecule has 2 unspecified atom stereocenters. The maximum atomic E-state index is 12.9. The van der Waals surface area contributed by atoms with Crippen LogP contribution in [0.15, 0.2) is 18.2 Å². The van der Waals surface area contributed by atoms with E-state index in [1.807, 2.05) is 26.8 Å². The predicted molar refractivity (Wildman–Crippen MR) is 93.7 cm³/mol. The molecule has 1 aromatic rings. The van der Waals surface area contributed by atoms with Crippen LogP contribution < -0.4 is 5.73 Å². The second kappa shape index (κ2) is 6.60. The number of nitrogens with two attached hydrogens (primary N) is 1. The van der Waals surface area contributed by atoms with Gasteiger partial charge >= 0.3 is 0 Å². The number of halogens is 2. The van der Waals surface area contributed by atoms with Crippen LogP contribution in [0, 0.1) is 5.41 Å². The minimum atomic E-state index is -0.905. The molecule has 6 heteroatoms. The number of carbonyl (C=O) groups excluding carboxylic acids is 1. The van der Waals surface area contributed by atoms with E-state index < -0.39 is 11.0 Å². The zero-order chi connectivity index (χ0) is 17.4. The first-order valence-electron chi connectivity index (χ1n) is 7.73. The topological polar surface area (TPSA) is 55.6 Å². The fourth-order valence-corrected chi connectivity index (χ4v) is 3.44. The second-order valence-corrected chi connectivity index (χ2v) is 7.57. The Morgan fingerprint density at radius 3 is 2.57 bits per heavy atom. The number of amides is 1. The highest BCUT2D eigenvalue weighted by Gasteiger charge is 2.63. The second-order valence-electron chi connectivity index (χ2n) is 6.75. The summed E-state index contributed by atoms with van der Waals surface area (Å²) in [5, 5.41) is 0.979. The summed E-state index contributed by atoms with van der Waals surface area (Å²) in [7, 11) is 1.75. The molecule has 1 fully saturated rings. The molecule has 1 amide bonds. The lowest BCUT2D eigenvalue weighted by molar-refractivity contribution is -0.178. The normalized spacial score (nSPS) is 25.8. The minimum Gasteiger partial charge on any atom is -0.378 e. The van der Waals surface area contributed by atoms with Crippen LogP contribution in [0.2, 0.25) is 10.0 Å². The van der Waals surface area contributed by atoms with Crippen molar-refractivity contribution in [3.63, 3.8) is 0 Å². The van der Waals surface area contributed by atoms with Gasteiger partial charge in [-0.2, -0.15) is 0 Å². The van der Waals surface area contributed by atoms with Crippen molar-refractivity contribution in [3.8, 4) is 0 Å². The fourth-order valence-electron chi connectivity index (χ4n) is 3.12. The van der Waals surface area contributed by atoms with Gasteiger partial charge in [0.25, 0.3) is 0 Å². The summed E-state index contributed by atoms with van der Waals surface area (Å²) >= 11 is 11.9. The van der Waals surface area contributed by atoms with Crippen molar-refractivity contribution >= 4 is 29.1 Å². The van der Waals surface area contributed by atoms with Crippen molar-refractivity contribution in [2.75, 3.05) is 13.7 Å². The average Bonchev–Trinajstić information content (AvgIpc) is 2.49. The van der Waals surface area contributed by atoms with Crippen LogP contribution in [0.5, 0.6) is 0 Å². The third-order valence-electron chi connectivity index (χ3n) is 4.96. The number of hydrogen-bond acceptors (Lipinski definition) is 3. The van der Waals surface area contributed by atoms with Gasteiger partial charge in [-0.25, -0.2) is 0 Å². The predicted octanol–water partition coefficient (Wildman–Crippen LogP) is 3.48.